The summed E-state index contributed by atoms with van der Waals surface area (Å²) in [6.07, 6.45) is 11.8. The fraction of sp³-hybridized carbons (Fsp3) is 0.800. The van der Waals surface area contributed by atoms with Crippen molar-refractivity contribution < 1.29 is 23.8 Å². The van der Waals surface area contributed by atoms with Crippen LogP contribution in [0.5, 0.6) is 0 Å². The Hall–Kier alpha value is -1.54. The van der Waals surface area contributed by atoms with Crippen LogP contribution in [0.2, 0.25) is 0 Å². The van der Waals surface area contributed by atoms with E-state index in [1.807, 2.05) is 6.92 Å². The van der Waals surface area contributed by atoms with Crippen LogP contribution in [0.3, 0.4) is 0 Å². The van der Waals surface area contributed by atoms with Crippen LogP contribution in [0.25, 0.3) is 0 Å². The second kappa shape index (κ2) is 11.1. The van der Waals surface area contributed by atoms with Crippen molar-refractivity contribution in [3.8, 4) is 12.3 Å². The van der Waals surface area contributed by atoms with Crippen LogP contribution in [0.1, 0.15) is 78.6 Å². The van der Waals surface area contributed by atoms with Gasteiger partial charge in [0.15, 0.2) is 5.60 Å². The Bertz CT molecular complexity index is 467. The van der Waals surface area contributed by atoms with Crippen molar-refractivity contribution in [3.63, 3.8) is 0 Å². The van der Waals surface area contributed by atoms with Gasteiger partial charge in [-0.25, -0.2) is 0 Å². The van der Waals surface area contributed by atoms with E-state index in [4.69, 9.17) is 20.6 Å². The van der Waals surface area contributed by atoms with E-state index in [-0.39, 0.29) is 24.6 Å². The Balaban J connectivity index is 2.59. The van der Waals surface area contributed by atoms with Crippen molar-refractivity contribution in [1.29, 1.82) is 0 Å². The monoisotopic (exact) mass is 352 g/mol. The van der Waals surface area contributed by atoms with Gasteiger partial charge in [-0.2, -0.15) is 0 Å². The van der Waals surface area contributed by atoms with E-state index in [0.717, 1.165) is 38.5 Å². The van der Waals surface area contributed by atoms with Gasteiger partial charge in [0, 0.05) is 19.3 Å². The van der Waals surface area contributed by atoms with E-state index in [1.54, 1.807) is 0 Å². The van der Waals surface area contributed by atoms with E-state index in [9.17, 15) is 9.59 Å². The first-order valence-corrected chi connectivity index (χ1v) is 9.48. The molecule has 0 N–H and O–H groups in total. The first-order valence-electron chi connectivity index (χ1n) is 9.48. The molecule has 1 aliphatic heterocycles. The Morgan fingerprint density at radius 2 is 1.72 bits per heavy atom. The minimum Gasteiger partial charge on any atom is -0.461 e. The molecule has 25 heavy (non-hydrogen) atoms. The zero-order valence-corrected chi connectivity index (χ0v) is 15.8. The summed E-state index contributed by atoms with van der Waals surface area (Å²) in [5.74, 6) is 2.01. The van der Waals surface area contributed by atoms with Gasteiger partial charge in [-0.3, -0.25) is 9.59 Å². The molecule has 1 heterocycles. The number of carbonyl (C=O) groups is 2. The first kappa shape index (κ1) is 21.5. The second-order valence-corrected chi connectivity index (χ2v) is 6.75. The van der Waals surface area contributed by atoms with E-state index >= 15 is 0 Å². The van der Waals surface area contributed by atoms with Crippen LogP contribution >= 0.6 is 0 Å². The molecule has 0 bridgehead atoms. The van der Waals surface area contributed by atoms with Gasteiger partial charge in [0.25, 0.3) is 0 Å². The molecule has 1 fully saturated rings. The molecule has 3 atom stereocenters. The molecule has 1 aliphatic rings. The maximum absolute atomic E-state index is 12.0. The lowest BCUT2D eigenvalue weighted by molar-refractivity contribution is -0.164. The largest absolute Gasteiger partial charge is 0.461 e. The summed E-state index contributed by atoms with van der Waals surface area (Å²) < 4.78 is 16.7. The Labute approximate surface area is 151 Å². The zero-order valence-electron chi connectivity index (χ0n) is 15.8. The predicted molar refractivity (Wildman–Crippen MR) is 95.9 cm³/mol. The van der Waals surface area contributed by atoms with Crippen molar-refractivity contribution in [2.45, 2.75) is 96.4 Å². The molecule has 0 unspecified atom stereocenters. The van der Waals surface area contributed by atoms with E-state index in [2.05, 4.69) is 19.8 Å². The smallest absolute Gasteiger partial charge is 0.306 e. The third kappa shape index (κ3) is 7.07. The highest BCUT2D eigenvalue weighted by molar-refractivity contribution is 5.70. The van der Waals surface area contributed by atoms with E-state index in [0.29, 0.717) is 19.3 Å². The number of unbranched alkanes of at least 4 members (excludes halogenated alkanes) is 4. The minimum absolute atomic E-state index is 0.0777. The van der Waals surface area contributed by atoms with Crippen LogP contribution in [0.15, 0.2) is 0 Å². The zero-order chi connectivity index (χ0) is 18.7. The van der Waals surface area contributed by atoms with Gasteiger partial charge in [0.1, 0.15) is 12.7 Å². The number of ether oxygens (including phenoxy) is 3. The fourth-order valence-electron chi connectivity index (χ4n) is 2.93. The topological polar surface area (TPSA) is 61.8 Å². The van der Waals surface area contributed by atoms with Crippen molar-refractivity contribution in [2.75, 3.05) is 6.61 Å². The van der Waals surface area contributed by atoms with Gasteiger partial charge < -0.3 is 14.2 Å². The minimum atomic E-state index is -1.18. The summed E-state index contributed by atoms with van der Waals surface area (Å²) in [6, 6.07) is 0. The van der Waals surface area contributed by atoms with Crippen molar-refractivity contribution >= 4 is 11.9 Å². The molecule has 0 amide bonds. The van der Waals surface area contributed by atoms with Crippen molar-refractivity contribution in [3.05, 3.63) is 0 Å². The lowest BCUT2D eigenvalue weighted by Crippen LogP contribution is -2.45. The van der Waals surface area contributed by atoms with Crippen molar-refractivity contribution in [1.82, 2.24) is 0 Å². The van der Waals surface area contributed by atoms with E-state index < -0.39 is 11.7 Å². The Morgan fingerprint density at radius 1 is 1.12 bits per heavy atom. The number of hydrogen-bond acceptors (Lipinski definition) is 5. The third-order valence-electron chi connectivity index (χ3n) is 4.41. The second-order valence-electron chi connectivity index (χ2n) is 6.75. The maximum atomic E-state index is 12.0. The van der Waals surface area contributed by atoms with Crippen LogP contribution in [-0.2, 0) is 23.8 Å². The number of carbonyl (C=O) groups excluding carboxylic acids is 2. The van der Waals surface area contributed by atoms with Crippen LogP contribution < -0.4 is 0 Å². The number of rotatable bonds is 11. The maximum Gasteiger partial charge on any atom is 0.306 e. The molecule has 1 rings (SSSR count). The quantitative estimate of drug-likeness (QED) is 0.322. The summed E-state index contributed by atoms with van der Waals surface area (Å²) in [6.45, 7) is 5.95. The predicted octanol–water partition coefficient (Wildman–Crippen LogP) is 3.78. The first-order chi connectivity index (χ1) is 12.0. The van der Waals surface area contributed by atoms with Gasteiger partial charge in [-0.1, -0.05) is 45.5 Å². The van der Waals surface area contributed by atoms with E-state index in [1.165, 1.54) is 0 Å². The molecule has 0 aromatic heterocycles. The molecular formula is C20H32O5. The SMILES string of the molecule is C#C[C@]1(COC(=O)CCCCC)O[C@@H](C)C[C@@H]1OC(=O)CCCCC. The van der Waals surface area contributed by atoms with Gasteiger partial charge >= 0.3 is 11.9 Å². The number of esters is 2. The summed E-state index contributed by atoms with van der Waals surface area (Å²) in [4.78, 5) is 23.9. The number of terminal acetylenes is 1. The normalized spacial score (nSPS) is 25.4. The third-order valence-corrected chi connectivity index (χ3v) is 4.41. The highest BCUT2D eigenvalue weighted by Crippen LogP contribution is 2.33. The molecule has 5 heteroatoms. The summed E-state index contributed by atoms with van der Waals surface area (Å²) in [5, 5.41) is 0. The molecule has 0 saturated carbocycles. The molecule has 0 aromatic carbocycles. The van der Waals surface area contributed by atoms with Crippen LogP contribution in [0.4, 0.5) is 0 Å². The lowest BCUT2D eigenvalue weighted by atomic mass is 9.98. The molecular weight excluding hydrogens is 320 g/mol. The van der Waals surface area contributed by atoms with Gasteiger partial charge in [0.05, 0.1) is 6.10 Å². The van der Waals surface area contributed by atoms with Gasteiger partial charge in [-0.15, -0.1) is 6.42 Å². The lowest BCUT2D eigenvalue weighted by Gasteiger charge is -2.28. The summed E-state index contributed by atoms with van der Waals surface area (Å²) in [7, 11) is 0. The fourth-order valence-corrected chi connectivity index (χ4v) is 2.93. The highest BCUT2D eigenvalue weighted by Gasteiger charge is 2.50. The summed E-state index contributed by atoms with van der Waals surface area (Å²) >= 11 is 0. The molecule has 5 nitrogen and oxygen atoms in total. The average molecular weight is 352 g/mol. The van der Waals surface area contributed by atoms with Crippen LogP contribution in [0, 0.1) is 12.3 Å². The Kier molecular flexibility index (Phi) is 9.59. The molecule has 0 aromatic rings. The summed E-state index contributed by atoms with van der Waals surface area (Å²) in [5.41, 5.74) is -1.18. The standard InChI is InChI=1S/C20H32O5/c1-5-8-10-12-18(21)23-15-20(7-3)17(14-16(4)25-20)24-19(22)13-11-9-6-2/h3,16-17H,5-6,8-15H2,1-2,4H3/t16-,17-,20+/m0/s1. The molecule has 0 spiro atoms. The molecule has 0 aliphatic carbocycles. The Morgan fingerprint density at radius 3 is 2.28 bits per heavy atom. The molecule has 0 radical (unpaired) electrons. The average Bonchev–Trinajstić information content (AvgIpc) is 2.89. The molecule has 1 saturated heterocycles. The number of hydrogen-bond donors (Lipinski definition) is 0. The van der Waals surface area contributed by atoms with Gasteiger partial charge in [0.2, 0.25) is 0 Å². The highest BCUT2D eigenvalue weighted by atomic mass is 16.6. The van der Waals surface area contributed by atoms with Crippen LogP contribution in [-0.4, -0.2) is 36.4 Å². The van der Waals surface area contributed by atoms with Crippen molar-refractivity contribution in [2.24, 2.45) is 0 Å². The van der Waals surface area contributed by atoms with Gasteiger partial charge in [-0.05, 0) is 19.8 Å². The molecule has 142 valence electrons.